The zero-order chi connectivity index (χ0) is 19.9. The van der Waals surface area contributed by atoms with Crippen molar-refractivity contribution in [1.29, 1.82) is 0 Å². The van der Waals surface area contributed by atoms with Crippen molar-refractivity contribution in [2.24, 2.45) is 17.3 Å². The zero-order valence-corrected chi connectivity index (χ0v) is 17.3. The Hall–Kier alpha value is -1.86. The van der Waals surface area contributed by atoms with Crippen LogP contribution in [0.15, 0.2) is 34.7 Å². The third kappa shape index (κ3) is 3.78. The third-order valence-corrected chi connectivity index (χ3v) is 6.73. The summed E-state index contributed by atoms with van der Waals surface area (Å²) in [5, 5.41) is 2.86. The summed E-state index contributed by atoms with van der Waals surface area (Å²) in [7, 11) is 0.641. The Morgan fingerprint density at radius 3 is 2.38 bits per heavy atom. The fourth-order valence-corrected chi connectivity index (χ4v) is 4.30. The topological polar surface area (TPSA) is 75.7 Å². The predicted octanol–water partition coefficient (Wildman–Crippen LogP) is 3.12. The summed E-state index contributed by atoms with van der Waals surface area (Å²) in [6.07, 6.45) is 2.13. The number of hydrogen-bond donors (Lipinski definition) is 1. The third-order valence-electron chi connectivity index (χ3n) is 4.90. The van der Waals surface area contributed by atoms with Crippen LogP contribution in [-0.4, -0.2) is 39.8 Å². The van der Waals surface area contributed by atoms with Crippen molar-refractivity contribution >= 4 is 21.6 Å². The van der Waals surface area contributed by atoms with E-state index < -0.39 is 10.0 Å². The van der Waals surface area contributed by atoms with Gasteiger partial charge in [-0.2, -0.15) is 0 Å². The van der Waals surface area contributed by atoms with E-state index in [0.29, 0.717) is 5.69 Å². The molecule has 7 heteroatoms. The maximum atomic E-state index is 12.7. The van der Waals surface area contributed by atoms with Gasteiger partial charge in [0.15, 0.2) is 0 Å². The van der Waals surface area contributed by atoms with Crippen molar-refractivity contribution < 1.29 is 17.9 Å². The van der Waals surface area contributed by atoms with E-state index in [2.05, 4.69) is 25.2 Å². The van der Waals surface area contributed by atoms with Gasteiger partial charge in [0.2, 0.25) is 15.9 Å². The molecular formula is C19H28N2O4S. The molecular weight excluding hydrogens is 352 g/mol. The second kappa shape index (κ2) is 7.04. The van der Waals surface area contributed by atoms with E-state index in [0.717, 1.165) is 4.31 Å². The minimum Gasteiger partial charge on any atom is -0.495 e. The van der Waals surface area contributed by atoms with Gasteiger partial charge < -0.3 is 10.1 Å². The molecule has 1 aliphatic carbocycles. The highest BCUT2D eigenvalue weighted by atomic mass is 32.2. The molecule has 144 valence electrons. The van der Waals surface area contributed by atoms with Gasteiger partial charge in [0.1, 0.15) is 10.6 Å². The van der Waals surface area contributed by atoms with E-state index >= 15 is 0 Å². The number of carbonyl (C=O) groups is 1. The molecule has 6 nitrogen and oxygen atoms in total. The van der Waals surface area contributed by atoms with Gasteiger partial charge in [-0.15, -0.1) is 0 Å². The molecule has 2 unspecified atom stereocenters. The second-order valence-electron chi connectivity index (χ2n) is 7.71. The van der Waals surface area contributed by atoms with Crippen LogP contribution >= 0.6 is 0 Å². The van der Waals surface area contributed by atoms with E-state index in [4.69, 9.17) is 4.74 Å². The number of anilines is 1. The first-order valence-electron chi connectivity index (χ1n) is 8.49. The molecule has 1 aliphatic rings. The van der Waals surface area contributed by atoms with E-state index in [9.17, 15) is 13.2 Å². The fraction of sp³-hybridized carbons (Fsp3) is 0.526. The van der Waals surface area contributed by atoms with Gasteiger partial charge in [-0.25, -0.2) is 12.7 Å². The van der Waals surface area contributed by atoms with Crippen LogP contribution in [-0.2, 0) is 14.8 Å². The number of amides is 1. The zero-order valence-electron chi connectivity index (χ0n) is 16.5. The van der Waals surface area contributed by atoms with E-state index in [1.165, 1.54) is 32.8 Å². The number of methoxy groups -OCH3 is 1. The second-order valence-corrected chi connectivity index (χ2v) is 9.83. The number of benzene rings is 1. The molecule has 2 atom stereocenters. The Bertz CT molecular complexity index is 837. The molecule has 2 rings (SSSR count). The molecule has 1 amide bonds. The van der Waals surface area contributed by atoms with Crippen LogP contribution in [0.5, 0.6) is 5.75 Å². The summed E-state index contributed by atoms with van der Waals surface area (Å²) >= 11 is 0. The van der Waals surface area contributed by atoms with Crippen molar-refractivity contribution in [3.05, 3.63) is 29.8 Å². The monoisotopic (exact) mass is 380 g/mol. The van der Waals surface area contributed by atoms with Crippen molar-refractivity contribution in [2.75, 3.05) is 26.5 Å². The lowest BCUT2D eigenvalue weighted by atomic mass is 10.1. The largest absolute Gasteiger partial charge is 0.495 e. The standard InChI is InChI=1S/C19H28N2O4S/c1-12(2)10-14-17(19(14,3)4)18(22)20-13-8-9-15(25-7)16(11-13)26(23,24)21(5)6/h8-11,14,17H,1-7H3,(H,20,22). The maximum Gasteiger partial charge on any atom is 0.246 e. The highest BCUT2D eigenvalue weighted by molar-refractivity contribution is 7.89. The highest BCUT2D eigenvalue weighted by Gasteiger charge is 2.60. The van der Waals surface area contributed by atoms with Crippen LogP contribution < -0.4 is 10.1 Å². The summed E-state index contributed by atoms with van der Waals surface area (Å²) in [5.74, 6) is 0.200. The van der Waals surface area contributed by atoms with Gasteiger partial charge in [-0.3, -0.25) is 4.79 Å². The van der Waals surface area contributed by atoms with Gasteiger partial charge in [-0.05, 0) is 43.4 Å². The Balaban J connectivity index is 2.29. The number of carbonyl (C=O) groups excluding carboxylic acids is 1. The summed E-state index contributed by atoms with van der Waals surface area (Å²) in [5.41, 5.74) is 1.52. The number of nitrogens with zero attached hydrogens (tertiary/aromatic N) is 1. The molecule has 0 saturated heterocycles. The molecule has 1 N–H and O–H groups in total. The lowest BCUT2D eigenvalue weighted by Gasteiger charge is -2.16. The quantitative estimate of drug-likeness (QED) is 0.770. The molecule has 1 aromatic rings. The Labute approximate surface area is 156 Å². The summed E-state index contributed by atoms with van der Waals surface area (Å²) in [6, 6.07) is 4.64. The van der Waals surface area contributed by atoms with Crippen molar-refractivity contribution in [3.8, 4) is 5.75 Å². The van der Waals surface area contributed by atoms with E-state index in [1.807, 2.05) is 13.8 Å². The van der Waals surface area contributed by atoms with E-state index in [-0.39, 0.29) is 33.8 Å². The lowest BCUT2D eigenvalue weighted by Crippen LogP contribution is -2.23. The first-order valence-corrected chi connectivity index (χ1v) is 9.93. The SMILES string of the molecule is COc1ccc(NC(=O)C2C(C=C(C)C)C2(C)C)cc1S(=O)(=O)N(C)C. The minimum absolute atomic E-state index is 0.0266. The molecule has 1 fully saturated rings. The number of allylic oxidation sites excluding steroid dienone is 2. The molecule has 0 radical (unpaired) electrons. The average Bonchev–Trinajstić information content (AvgIpc) is 3.06. The number of hydrogen-bond acceptors (Lipinski definition) is 4. The van der Waals surface area contributed by atoms with Crippen LogP contribution in [0, 0.1) is 17.3 Å². The lowest BCUT2D eigenvalue weighted by molar-refractivity contribution is -0.118. The Kier molecular flexibility index (Phi) is 5.54. The van der Waals surface area contributed by atoms with Crippen molar-refractivity contribution in [2.45, 2.75) is 32.6 Å². The van der Waals surface area contributed by atoms with Gasteiger partial charge in [0.25, 0.3) is 0 Å². The smallest absolute Gasteiger partial charge is 0.246 e. The summed E-state index contributed by atoms with van der Waals surface area (Å²) in [6.45, 7) is 8.17. The first kappa shape index (κ1) is 20.5. The molecule has 0 aromatic heterocycles. The Morgan fingerprint density at radius 1 is 1.27 bits per heavy atom. The molecule has 0 heterocycles. The number of sulfonamides is 1. The predicted molar refractivity (Wildman–Crippen MR) is 103 cm³/mol. The number of ether oxygens (including phenoxy) is 1. The molecule has 0 spiro atoms. The molecule has 0 bridgehead atoms. The van der Waals surface area contributed by atoms with Crippen LogP contribution in [0.1, 0.15) is 27.7 Å². The van der Waals surface area contributed by atoms with Crippen molar-refractivity contribution in [1.82, 2.24) is 4.31 Å². The van der Waals surface area contributed by atoms with Crippen LogP contribution in [0.3, 0.4) is 0 Å². The minimum atomic E-state index is -3.68. The summed E-state index contributed by atoms with van der Waals surface area (Å²) < 4.78 is 31.3. The number of rotatable bonds is 6. The number of nitrogens with one attached hydrogen (secondary N) is 1. The molecule has 26 heavy (non-hydrogen) atoms. The van der Waals surface area contributed by atoms with Gasteiger partial charge in [0.05, 0.1) is 13.0 Å². The fourth-order valence-electron chi connectivity index (χ4n) is 3.22. The van der Waals surface area contributed by atoms with Crippen molar-refractivity contribution in [3.63, 3.8) is 0 Å². The van der Waals surface area contributed by atoms with Crippen LogP contribution in [0.4, 0.5) is 5.69 Å². The summed E-state index contributed by atoms with van der Waals surface area (Å²) in [4.78, 5) is 12.7. The van der Waals surface area contributed by atoms with E-state index in [1.54, 1.807) is 12.1 Å². The van der Waals surface area contributed by atoms with Gasteiger partial charge in [-0.1, -0.05) is 25.5 Å². The van der Waals surface area contributed by atoms with Crippen LogP contribution in [0.2, 0.25) is 0 Å². The maximum absolute atomic E-state index is 12.7. The first-order chi connectivity index (χ1) is 11.9. The van der Waals surface area contributed by atoms with Gasteiger partial charge >= 0.3 is 0 Å². The van der Waals surface area contributed by atoms with Gasteiger partial charge in [0, 0.05) is 19.8 Å². The van der Waals surface area contributed by atoms with Crippen LogP contribution in [0.25, 0.3) is 0 Å². The Morgan fingerprint density at radius 2 is 1.88 bits per heavy atom. The molecule has 1 aromatic carbocycles. The highest BCUT2D eigenvalue weighted by Crippen LogP contribution is 2.59. The molecule has 0 aliphatic heterocycles. The normalized spacial score (nSPS) is 21.2. The molecule has 1 saturated carbocycles. The average molecular weight is 381 g/mol.